The van der Waals surface area contributed by atoms with Gasteiger partial charge in [-0.15, -0.1) is 0 Å². The smallest absolute Gasteiger partial charge is 0.198 e. The first-order valence-corrected chi connectivity index (χ1v) is 29.4. The Kier molecular flexibility index (Phi) is 24.2. The van der Waals surface area contributed by atoms with Gasteiger partial charge in [-0.05, 0) is 42.1 Å². The molecule has 1 heterocycles. The third-order valence-corrected chi connectivity index (χ3v) is 16.0. The largest absolute Gasteiger partial charge is 0.416 e. The number of unbranched alkanes of at least 4 members (excludes halogenated alkanes) is 15. The van der Waals surface area contributed by atoms with Crippen LogP contribution in [0.2, 0.25) is 0 Å². The molecule has 0 unspecified atom stereocenters. The molecule has 1 aromatic heterocycles. The van der Waals surface area contributed by atoms with Crippen molar-refractivity contribution in [2.24, 2.45) is 0 Å². The fourth-order valence-corrected chi connectivity index (χ4v) is 11.4. The third-order valence-electron chi connectivity index (χ3n) is 16.0. The molecule has 26 heteroatoms. The summed E-state index contributed by atoms with van der Waals surface area (Å²) in [6.45, 7) is 3.26. The Hall–Kier alpha value is -6.89. The number of pyridine rings is 1. The quantitative estimate of drug-likeness (QED) is 0.0260. The van der Waals surface area contributed by atoms with E-state index >= 15 is 0 Å². The van der Waals surface area contributed by atoms with Gasteiger partial charge in [-0.1, -0.05) is 200 Å². The topological polar surface area (TPSA) is 3.88 Å². The summed E-state index contributed by atoms with van der Waals surface area (Å²) < 4.78 is 343. The van der Waals surface area contributed by atoms with Gasteiger partial charge in [-0.2, -0.15) is 132 Å². The maximum atomic E-state index is 14.2. The van der Waals surface area contributed by atoms with Crippen LogP contribution < -0.4 is 26.4 Å². The Bertz CT molecular complexity index is 3080. The lowest BCUT2D eigenvalue weighted by molar-refractivity contribution is -0.694. The molecule has 502 valence electrons. The van der Waals surface area contributed by atoms with E-state index in [2.05, 4.69) is 78.4 Å². The van der Waals surface area contributed by atoms with Crippen LogP contribution in [0.3, 0.4) is 0 Å². The van der Waals surface area contributed by atoms with Crippen LogP contribution in [0.15, 0.2) is 140 Å². The number of hydrogen-bond donors (Lipinski definition) is 0. The zero-order chi connectivity index (χ0) is 68.3. The van der Waals surface area contributed by atoms with Crippen LogP contribution in [0.5, 0.6) is 0 Å². The van der Waals surface area contributed by atoms with Crippen LogP contribution in [-0.4, -0.2) is 6.15 Å². The first kappa shape index (κ1) is 74.2. The summed E-state index contributed by atoms with van der Waals surface area (Å²) in [7, 11) is 0. The number of hydrogen-bond acceptors (Lipinski definition) is 0. The molecule has 1 nitrogen and oxygen atoms in total. The van der Waals surface area contributed by atoms with Crippen LogP contribution in [0, 0.1) is 0 Å². The van der Waals surface area contributed by atoms with Gasteiger partial charge in [0, 0.05) is 23.4 Å². The van der Waals surface area contributed by atoms with Crippen LogP contribution in [-0.2, 0) is 62.4 Å². The van der Waals surface area contributed by atoms with Crippen molar-refractivity contribution in [1.29, 1.82) is 0 Å². The summed E-state index contributed by atoms with van der Waals surface area (Å²) in [5.41, 5.74) is -27.3. The van der Waals surface area contributed by atoms with E-state index in [1.807, 2.05) is 0 Å². The summed E-state index contributed by atoms with van der Waals surface area (Å²) in [5.74, 6) is 0. The van der Waals surface area contributed by atoms with Crippen LogP contribution in [0.25, 0.3) is 10.8 Å². The van der Waals surface area contributed by atoms with E-state index in [0.29, 0.717) is 0 Å². The Morgan fingerprint density at radius 3 is 0.837 bits per heavy atom. The Labute approximate surface area is 514 Å². The molecule has 0 aliphatic carbocycles. The monoisotopic (exact) mass is 1340 g/mol. The van der Waals surface area contributed by atoms with Crippen LogP contribution >= 0.6 is 0 Å². The van der Waals surface area contributed by atoms with Crippen molar-refractivity contribution in [3.8, 4) is 0 Å². The maximum absolute atomic E-state index is 14.2. The van der Waals surface area contributed by atoms with Gasteiger partial charge < -0.3 is 0 Å². The highest BCUT2D eigenvalue weighted by atomic mass is 19.4. The fourth-order valence-electron chi connectivity index (χ4n) is 11.4. The molecule has 0 radical (unpaired) electrons. The van der Waals surface area contributed by atoms with Gasteiger partial charge >= 0.3 is 49.4 Å². The lowest BCUT2D eigenvalue weighted by Gasteiger charge is -2.46. The molecule has 0 saturated carbocycles. The van der Waals surface area contributed by atoms with E-state index in [-0.39, 0.29) is 0 Å². The van der Waals surface area contributed by atoms with E-state index in [9.17, 15) is 105 Å². The third kappa shape index (κ3) is 20.1. The number of nitrogens with zero attached hydrogens (tertiary/aromatic N) is 1. The summed E-state index contributed by atoms with van der Waals surface area (Å²) in [4.78, 5) is 0. The van der Waals surface area contributed by atoms with Crippen molar-refractivity contribution >= 4 is 38.8 Å². The van der Waals surface area contributed by atoms with Gasteiger partial charge in [0.2, 0.25) is 0 Å². The van der Waals surface area contributed by atoms with E-state index in [1.54, 1.807) is 0 Å². The standard InChI is InChI=1S/C34H50N.C32H12BF24/c1-2-3-4-5-6-7-8-9-10-11-12-13-14-15-16-20-27-34-33-26-22-21-25-32(33)28-29-35(34)30-31-23-18-17-19-24-31;34-25(35,36)13-1-14(26(37,38)39)6-21(5-13)33(22-7-15(27(40,41)42)2-16(8-22)28(43,44)45,23-9-17(29(46,47)48)3-18(10-23)30(49,50)51)24-11-19(31(52,53)54)4-20(12-24)32(55,56)57/h17-19,21-26,28-29H,2-16,20,27,30H2,1H3;1-12H/q+1;-1. The summed E-state index contributed by atoms with van der Waals surface area (Å²) in [5, 5.41) is 2.79. The predicted molar refractivity (Wildman–Crippen MR) is 303 cm³/mol. The second-order valence-electron chi connectivity index (χ2n) is 22.7. The zero-order valence-corrected chi connectivity index (χ0v) is 49.1. The number of aromatic nitrogens is 1. The van der Waals surface area contributed by atoms with Crippen LogP contribution in [0.4, 0.5) is 105 Å². The summed E-state index contributed by atoms with van der Waals surface area (Å²) in [6.07, 6.45) is -28.6. The minimum atomic E-state index is -6.13. The summed E-state index contributed by atoms with van der Waals surface area (Å²) in [6, 6.07) is 13.2. The molecule has 0 N–H and O–H groups in total. The van der Waals surface area contributed by atoms with E-state index in [4.69, 9.17) is 0 Å². The summed E-state index contributed by atoms with van der Waals surface area (Å²) >= 11 is 0. The number of halogens is 24. The van der Waals surface area contributed by atoms with Gasteiger partial charge in [0.25, 0.3) is 0 Å². The minimum absolute atomic E-state index is 0.691. The lowest BCUT2D eigenvalue weighted by atomic mass is 9.12. The van der Waals surface area contributed by atoms with Crippen LogP contribution in [0.1, 0.15) is 165 Å². The lowest BCUT2D eigenvalue weighted by Crippen LogP contribution is -2.75. The average Bonchev–Trinajstić information content (AvgIpc) is 0.709. The first-order valence-electron chi connectivity index (χ1n) is 29.4. The molecule has 0 atom stereocenters. The SMILES string of the molecule is CCCCCCCCCCCCCCCCCCc1c2ccccc2cc[n+]1Cc1ccccc1.FC(F)(F)c1cc([B-](c2cc(C(F)(F)F)cc(C(F)(F)F)c2)(c2cc(C(F)(F)F)cc(C(F)(F)F)c2)c2cc(C(F)(F)F)cc(C(F)(F)F)c2)cc(C(F)(F)F)c1. The number of rotatable bonds is 23. The van der Waals surface area contributed by atoms with Gasteiger partial charge in [-0.3, -0.25) is 0 Å². The van der Waals surface area contributed by atoms with Crippen molar-refractivity contribution in [3.63, 3.8) is 0 Å². The molecule has 6 aromatic carbocycles. The molecule has 7 rings (SSSR count). The van der Waals surface area contributed by atoms with Gasteiger partial charge in [0.05, 0.1) is 44.5 Å². The molecule has 0 saturated heterocycles. The highest BCUT2D eigenvalue weighted by molar-refractivity contribution is 7.20. The molecule has 0 aliphatic heterocycles. The van der Waals surface area contributed by atoms with Crippen molar-refractivity contribution in [3.05, 3.63) is 195 Å². The normalized spacial score (nSPS) is 13.2. The van der Waals surface area contributed by atoms with Gasteiger partial charge in [0.1, 0.15) is 6.15 Å². The highest BCUT2D eigenvalue weighted by Gasteiger charge is 2.47. The Morgan fingerprint density at radius 1 is 0.293 bits per heavy atom. The second kappa shape index (κ2) is 30.0. The van der Waals surface area contributed by atoms with Crippen molar-refractivity contribution < 1.29 is 110 Å². The number of alkyl halides is 24. The zero-order valence-electron chi connectivity index (χ0n) is 49.1. The number of fused-ring (bicyclic) bond motifs is 1. The molecule has 92 heavy (non-hydrogen) atoms. The Morgan fingerprint density at radius 2 is 0.554 bits per heavy atom. The van der Waals surface area contributed by atoms with E-state index < -0.39 is 195 Å². The Balaban J connectivity index is 0.000000328. The molecule has 0 spiro atoms. The molecule has 0 amide bonds. The molecular formula is C66H62BF24N. The molecule has 0 bridgehead atoms. The average molecular weight is 1340 g/mol. The predicted octanol–water partition coefficient (Wildman–Crippen LogP) is 21.2. The second-order valence-corrected chi connectivity index (χ2v) is 22.7. The van der Waals surface area contributed by atoms with Crippen molar-refractivity contribution in [2.75, 3.05) is 0 Å². The highest BCUT2D eigenvalue weighted by Crippen LogP contribution is 2.42. The molecule has 7 aromatic rings. The number of benzene rings is 6. The molecular weight excluding hydrogens is 1270 g/mol. The fraction of sp³-hybridized carbons (Fsp3) is 0.409. The maximum Gasteiger partial charge on any atom is 0.416 e. The van der Waals surface area contributed by atoms with Gasteiger partial charge in [-0.25, -0.2) is 0 Å². The number of aryl methyl sites for hydroxylation is 1. The van der Waals surface area contributed by atoms with Crippen molar-refractivity contribution in [2.45, 2.75) is 172 Å². The molecule has 0 fully saturated rings. The van der Waals surface area contributed by atoms with E-state index in [1.165, 1.54) is 131 Å². The first-order chi connectivity index (χ1) is 42.6. The van der Waals surface area contributed by atoms with Crippen molar-refractivity contribution in [1.82, 2.24) is 0 Å². The molecule has 0 aliphatic rings. The van der Waals surface area contributed by atoms with E-state index in [0.717, 1.165) is 6.54 Å². The minimum Gasteiger partial charge on any atom is -0.198 e. The van der Waals surface area contributed by atoms with Gasteiger partial charge in [0.15, 0.2) is 18.4 Å².